The first kappa shape index (κ1) is 15.7. The second-order valence-corrected chi connectivity index (χ2v) is 5.30. The van der Waals surface area contributed by atoms with Crippen molar-refractivity contribution in [1.82, 2.24) is 4.72 Å². The Morgan fingerprint density at radius 1 is 1.32 bits per heavy atom. The number of nitrogens with one attached hydrogen (secondary N) is 2. The monoisotopic (exact) mass is 298 g/mol. The van der Waals surface area contributed by atoms with Crippen LogP contribution in [0.3, 0.4) is 0 Å². The average molecular weight is 298 g/mol. The Labute approximate surface area is 108 Å². The molecule has 1 atom stereocenters. The molecule has 0 aromatic heterocycles. The van der Waals surface area contributed by atoms with E-state index in [4.69, 9.17) is 0 Å². The zero-order valence-corrected chi connectivity index (χ0v) is 10.7. The number of aliphatic hydroxyl groups excluding tert-OH is 1. The second kappa shape index (κ2) is 5.76. The van der Waals surface area contributed by atoms with Crippen LogP contribution in [0.5, 0.6) is 0 Å². The van der Waals surface area contributed by atoms with E-state index in [2.05, 4.69) is 0 Å². The second-order valence-electron chi connectivity index (χ2n) is 3.81. The van der Waals surface area contributed by atoms with Gasteiger partial charge in [-0.1, -0.05) is 18.2 Å². The predicted molar refractivity (Wildman–Crippen MR) is 63.7 cm³/mol. The van der Waals surface area contributed by atoms with Crippen LogP contribution >= 0.6 is 0 Å². The zero-order valence-electron chi connectivity index (χ0n) is 9.90. The maximum atomic E-state index is 11.9. The summed E-state index contributed by atoms with van der Waals surface area (Å²) < 4.78 is 62.0. The number of halogens is 3. The van der Waals surface area contributed by atoms with Crippen molar-refractivity contribution in [1.29, 1.82) is 0 Å². The molecular formula is C10H13F3N2O3S. The minimum absolute atomic E-state index is 0.0205. The minimum Gasteiger partial charge on any atom is -0.389 e. The highest BCUT2D eigenvalue weighted by Gasteiger charge is 2.29. The van der Waals surface area contributed by atoms with Crippen molar-refractivity contribution in [3.05, 3.63) is 29.8 Å². The van der Waals surface area contributed by atoms with Crippen molar-refractivity contribution in [2.45, 2.75) is 19.2 Å². The lowest BCUT2D eigenvalue weighted by Gasteiger charge is -2.15. The number of rotatable bonds is 5. The van der Waals surface area contributed by atoms with Gasteiger partial charge in [-0.25, -0.2) is 0 Å². The quantitative estimate of drug-likeness (QED) is 0.771. The van der Waals surface area contributed by atoms with Crippen LogP contribution in [0.1, 0.15) is 18.6 Å². The van der Waals surface area contributed by atoms with Gasteiger partial charge in [0.15, 0.2) is 0 Å². The highest BCUT2D eigenvalue weighted by Crippen LogP contribution is 2.23. The molecule has 9 heteroatoms. The van der Waals surface area contributed by atoms with E-state index in [1.54, 1.807) is 6.07 Å². The smallest absolute Gasteiger partial charge is 0.389 e. The summed E-state index contributed by atoms with van der Waals surface area (Å²) in [5.41, 5.74) is 0.284. The fourth-order valence-electron chi connectivity index (χ4n) is 1.31. The SMILES string of the molecule is CC(O)c1ccccc1NS(=O)(=O)NCC(F)(F)F. The van der Waals surface area contributed by atoms with Crippen molar-refractivity contribution in [3.8, 4) is 0 Å². The van der Waals surface area contributed by atoms with E-state index < -0.39 is 29.0 Å². The third kappa shape index (κ3) is 5.45. The Balaban J connectivity index is 2.84. The van der Waals surface area contributed by atoms with Gasteiger partial charge in [0.25, 0.3) is 10.2 Å². The van der Waals surface area contributed by atoms with Crippen LogP contribution in [0.4, 0.5) is 18.9 Å². The van der Waals surface area contributed by atoms with Crippen LogP contribution in [-0.2, 0) is 10.2 Å². The summed E-state index contributed by atoms with van der Waals surface area (Å²) in [6.07, 6.45) is -5.60. The van der Waals surface area contributed by atoms with Crippen molar-refractivity contribution in [2.75, 3.05) is 11.3 Å². The molecule has 0 radical (unpaired) electrons. The number of hydrogen-bond donors (Lipinski definition) is 3. The van der Waals surface area contributed by atoms with Crippen LogP contribution in [0.15, 0.2) is 24.3 Å². The third-order valence-electron chi connectivity index (χ3n) is 2.12. The first-order valence-electron chi connectivity index (χ1n) is 5.22. The molecule has 0 bridgehead atoms. The standard InChI is InChI=1S/C10H13F3N2O3S/c1-7(16)8-4-2-3-5-9(8)15-19(17,18)14-6-10(11,12)13/h2-5,7,14-16H,6H2,1H3. The Morgan fingerprint density at radius 2 is 1.89 bits per heavy atom. The van der Waals surface area contributed by atoms with Gasteiger partial charge in [0, 0.05) is 5.56 Å². The molecular weight excluding hydrogens is 285 g/mol. The average Bonchev–Trinajstić information content (AvgIpc) is 2.26. The Morgan fingerprint density at radius 3 is 2.42 bits per heavy atom. The number of para-hydroxylation sites is 1. The van der Waals surface area contributed by atoms with Gasteiger partial charge in [0.05, 0.1) is 11.8 Å². The maximum absolute atomic E-state index is 11.9. The van der Waals surface area contributed by atoms with Crippen LogP contribution < -0.4 is 9.44 Å². The molecule has 0 amide bonds. The van der Waals surface area contributed by atoms with Gasteiger partial charge in [-0.05, 0) is 13.0 Å². The van der Waals surface area contributed by atoms with E-state index in [9.17, 15) is 26.7 Å². The Kier molecular flexibility index (Phi) is 4.77. The molecule has 0 aliphatic rings. The van der Waals surface area contributed by atoms with E-state index in [-0.39, 0.29) is 11.3 Å². The first-order valence-corrected chi connectivity index (χ1v) is 6.70. The van der Waals surface area contributed by atoms with Crippen molar-refractivity contribution < 1.29 is 26.7 Å². The van der Waals surface area contributed by atoms with Gasteiger partial charge < -0.3 is 5.11 Å². The van der Waals surface area contributed by atoms with Crippen molar-refractivity contribution in [2.24, 2.45) is 0 Å². The van der Waals surface area contributed by atoms with E-state index in [1.807, 2.05) is 4.72 Å². The summed E-state index contributed by atoms with van der Waals surface area (Å²) in [6, 6.07) is 5.87. The third-order valence-corrected chi connectivity index (χ3v) is 3.13. The van der Waals surface area contributed by atoms with Gasteiger partial charge in [-0.2, -0.15) is 26.3 Å². The Hall–Kier alpha value is -1.32. The summed E-state index contributed by atoms with van der Waals surface area (Å²) in [5.74, 6) is 0. The molecule has 108 valence electrons. The van der Waals surface area contributed by atoms with Gasteiger partial charge >= 0.3 is 6.18 Å². The van der Waals surface area contributed by atoms with Gasteiger partial charge in [-0.3, -0.25) is 4.72 Å². The number of aliphatic hydroxyl groups is 1. The number of benzene rings is 1. The normalized spacial score (nSPS) is 14.2. The molecule has 1 rings (SSSR count). The van der Waals surface area contributed by atoms with Crippen LogP contribution in [0, 0.1) is 0 Å². The molecule has 0 spiro atoms. The molecule has 1 aromatic carbocycles. The molecule has 0 saturated heterocycles. The molecule has 1 aromatic rings. The molecule has 1 unspecified atom stereocenters. The lowest BCUT2D eigenvalue weighted by Crippen LogP contribution is -2.37. The van der Waals surface area contributed by atoms with E-state index in [0.29, 0.717) is 0 Å². The van der Waals surface area contributed by atoms with Crippen LogP contribution in [0.2, 0.25) is 0 Å². The summed E-state index contributed by atoms with van der Waals surface area (Å²) >= 11 is 0. The largest absolute Gasteiger partial charge is 0.402 e. The highest BCUT2D eigenvalue weighted by atomic mass is 32.2. The molecule has 0 aliphatic heterocycles. The lowest BCUT2D eigenvalue weighted by molar-refractivity contribution is -0.121. The topological polar surface area (TPSA) is 78.4 Å². The van der Waals surface area contributed by atoms with Gasteiger partial charge in [-0.15, -0.1) is 0 Å². The Bertz CT molecular complexity index is 529. The molecule has 0 heterocycles. The van der Waals surface area contributed by atoms with Crippen LogP contribution in [-0.4, -0.2) is 26.2 Å². The first-order chi connectivity index (χ1) is 8.61. The van der Waals surface area contributed by atoms with Gasteiger partial charge in [0.1, 0.15) is 6.54 Å². The summed E-state index contributed by atoms with van der Waals surface area (Å²) in [7, 11) is -4.35. The molecule has 0 saturated carbocycles. The van der Waals surface area contributed by atoms with Crippen molar-refractivity contribution in [3.63, 3.8) is 0 Å². The number of anilines is 1. The summed E-state index contributed by atoms with van der Waals surface area (Å²) in [6.45, 7) is -0.255. The van der Waals surface area contributed by atoms with Crippen LogP contribution in [0.25, 0.3) is 0 Å². The molecule has 5 nitrogen and oxygen atoms in total. The highest BCUT2D eigenvalue weighted by molar-refractivity contribution is 7.90. The fraction of sp³-hybridized carbons (Fsp3) is 0.400. The fourth-order valence-corrected chi connectivity index (χ4v) is 2.21. The summed E-state index contributed by atoms with van der Waals surface area (Å²) in [4.78, 5) is 0. The maximum Gasteiger partial charge on any atom is 0.402 e. The molecule has 0 fully saturated rings. The zero-order chi connectivity index (χ0) is 14.7. The minimum atomic E-state index is -4.64. The summed E-state index contributed by atoms with van der Waals surface area (Å²) in [5, 5.41) is 9.43. The van der Waals surface area contributed by atoms with E-state index in [0.717, 1.165) is 0 Å². The van der Waals surface area contributed by atoms with E-state index >= 15 is 0 Å². The number of alkyl halides is 3. The lowest BCUT2D eigenvalue weighted by atomic mass is 10.1. The van der Waals surface area contributed by atoms with Gasteiger partial charge in [0.2, 0.25) is 0 Å². The number of hydrogen-bond acceptors (Lipinski definition) is 3. The van der Waals surface area contributed by atoms with E-state index in [1.165, 1.54) is 29.8 Å². The van der Waals surface area contributed by atoms with Crippen molar-refractivity contribution >= 4 is 15.9 Å². The predicted octanol–water partition coefficient (Wildman–Crippen LogP) is 1.55. The molecule has 3 N–H and O–H groups in total. The molecule has 19 heavy (non-hydrogen) atoms. The molecule has 0 aliphatic carbocycles.